The fourth-order valence-corrected chi connectivity index (χ4v) is 5.77. The number of benzene rings is 4. The summed E-state index contributed by atoms with van der Waals surface area (Å²) in [5.41, 5.74) is 6.69. The van der Waals surface area contributed by atoms with Crippen LogP contribution in [-0.2, 0) is 4.74 Å². The van der Waals surface area contributed by atoms with Gasteiger partial charge in [0.1, 0.15) is 5.75 Å². The monoisotopic (exact) mass is 582 g/mol. The lowest BCUT2D eigenvalue weighted by Gasteiger charge is -2.41. The number of carbonyl (C=O) groups is 1. The predicted octanol–water partition coefficient (Wildman–Crippen LogP) is 7.16. The van der Waals surface area contributed by atoms with E-state index in [1.54, 1.807) is 26.2 Å². The van der Waals surface area contributed by atoms with Crippen LogP contribution in [0.15, 0.2) is 113 Å². The largest absolute Gasteiger partial charge is 0.496 e. The third-order valence-corrected chi connectivity index (χ3v) is 7.73. The van der Waals surface area contributed by atoms with Crippen molar-refractivity contribution in [2.45, 2.75) is 19.9 Å². The first kappa shape index (κ1) is 27.2. The molecule has 3 heterocycles. The number of anilines is 2. The highest BCUT2D eigenvalue weighted by atomic mass is 16.5. The van der Waals surface area contributed by atoms with E-state index in [0.717, 1.165) is 51.1 Å². The molecule has 0 spiro atoms. The minimum Gasteiger partial charge on any atom is -0.496 e. The second-order valence-electron chi connectivity index (χ2n) is 10.4. The van der Waals surface area contributed by atoms with Crippen LogP contribution in [0.1, 0.15) is 40.1 Å². The van der Waals surface area contributed by atoms with E-state index in [0.29, 0.717) is 23.8 Å². The first-order valence-electron chi connectivity index (χ1n) is 14.5. The molecule has 0 saturated heterocycles. The van der Waals surface area contributed by atoms with E-state index in [1.165, 1.54) is 0 Å². The van der Waals surface area contributed by atoms with E-state index in [4.69, 9.17) is 24.6 Å². The van der Waals surface area contributed by atoms with Gasteiger partial charge in [0.15, 0.2) is 17.5 Å². The summed E-state index contributed by atoms with van der Waals surface area (Å²) in [6.07, 6.45) is 0. The predicted molar refractivity (Wildman–Crippen MR) is 172 cm³/mol. The van der Waals surface area contributed by atoms with Crippen molar-refractivity contribution in [3.05, 3.63) is 126 Å². The fraction of sp³-hybridized carbons (Fsp3) is 0.143. The van der Waals surface area contributed by atoms with Crippen molar-refractivity contribution < 1.29 is 14.3 Å². The Kier molecular flexibility index (Phi) is 6.90. The van der Waals surface area contributed by atoms with Gasteiger partial charge in [0.05, 0.1) is 48.1 Å². The molecular formula is C35H30N6O3. The molecule has 1 atom stereocenters. The lowest BCUT2D eigenvalue weighted by molar-refractivity contribution is 0.0526. The average Bonchev–Trinajstić information content (AvgIpc) is 3.40. The van der Waals surface area contributed by atoms with E-state index < -0.39 is 0 Å². The molecule has 0 fully saturated rings. The number of esters is 1. The van der Waals surface area contributed by atoms with Crippen LogP contribution in [0.25, 0.3) is 5.69 Å². The van der Waals surface area contributed by atoms with Gasteiger partial charge in [-0.2, -0.15) is 5.10 Å². The average molecular weight is 583 g/mol. The normalized spacial score (nSPS) is 14.9. The lowest BCUT2D eigenvalue weighted by Crippen LogP contribution is -2.46. The van der Waals surface area contributed by atoms with E-state index in [9.17, 15) is 4.79 Å². The van der Waals surface area contributed by atoms with Crippen molar-refractivity contribution in [1.29, 1.82) is 0 Å². The number of rotatable bonds is 6. The molecule has 9 nitrogen and oxygen atoms in total. The maximum atomic E-state index is 12.3. The number of ether oxygens (including phenoxy) is 2. The van der Waals surface area contributed by atoms with Crippen LogP contribution in [0.4, 0.5) is 22.9 Å². The minimum absolute atomic E-state index is 0.314. The quantitative estimate of drug-likeness (QED) is 0.214. The summed E-state index contributed by atoms with van der Waals surface area (Å²) in [5, 5.41) is 8.48. The standard InChI is InChI=1S/C35H30N6O3/c1-4-44-35(42)23-18-20-24(21-19-23)36-32-34-38-33-30(22(2)39-41(33)25-12-6-5-7-13-25)31(26-14-8-11-17-29(26)43-3)40(34)28-16-10-9-15-27(28)37-32/h5-21,31H,4H2,1-3H3,(H,36,37)/t31-/m1/s1. The van der Waals surface area contributed by atoms with Gasteiger partial charge < -0.3 is 19.7 Å². The summed E-state index contributed by atoms with van der Waals surface area (Å²) in [6, 6.07) is 32.9. The van der Waals surface area contributed by atoms with Gasteiger partial charge in [-0.25, -0.2) is 19.5 Å². The SMILES string of the molecule is CCOC(=O)c1ccc(NC2=Nc3ccccc3N3C2=Nc2c(c(C)nn2-c2ccccc2)[C@H]3c2ccccc2OC)cc1. The van der Waals surface area contributed by atoms with Crippen LogP contribution in [-0.4, -0.2) is 41.1 Å². The number of hydrogen-bond donors (Lipinski definition) is 1. The molecule has 0 radical (unpaired) electrons. The van der Waals surface area contributed by atoms with Crippen molar-refractivity contribution in [2.75, 3.05) is 23.9 Å². The van der Waals surface area contributed by atoms with Gasteiger partial charge in [0, 0.05) is 16.8 Å². The van der Waals surface area contributed by atoms with Gasteiger partial charge in [-0.1, -0.05) is 48.5 Å². The number of carbonyl (C=O) groups excluding carboxylic acids is 1. The molecule has 0 unspecified atom stereocenters. The molecule has 0 aliphatic carbocycles. The van der Waals surface area contributed by atoms with Gasteiger partial charge in [0.2, 0.25) is 0 Å². The van der Waals surface area contributed by atoms with Crippen LogP contribution < -0.4 is 15.0 Å². The van der Waals surface area contributed by atoms with Gasteiger partial charge in [-0.3, -0.25) is 0 Å². The molecule has 0 bridgehead atoms. The number of aliphatic imine (C=N–C) groups is 2. The van der Waals surface area contributed by atoms with Crippen molar-refractivity contribution in [2.24, 2.45) is 9.98 Å². The van der Waals surface area contributed by atoms with Gasteiger partial charge in [0.25, 0.3) is 0 Å². The third kappa shape index (κ3) is 4.59. The van der Waals surface area contributed by atoms with Crippen molar-refractivity contribution in [3.8, 4) is 11.4 Å². The smallest absolute Gasteiger partial charge is 0.338 e. The van der Waals surface area contributed by atoms with Crippen LogP contribution >= 0.6 is 0 Å². The fourth-order valence-electron chi connectivity index (χ4n) is 5.77. The number of fused-ring (bicyclic) bond motifs is 4. The van der Waals surface area contributed by atoms with Gasteiger partial charge in [-0.05, 0) is 68.4 Å². The Labute approximate surface area is 255 Å². The topological polar surface area (TPSA) is 93.3 Å². The number of nitrogens with one attached hydrogen (secondary N) is 1. The van der Waals surface area contributed by atoms with Crippen LogP contribution in [0, 0.1) is 6.92 Å². The first-order chi connectivity index (χ1) is 21.6. The van der Waals surface area contributed by atoms with Gasteiger partial charge in [-0.15, -0.1) is 0 Å². The summed E-state index contributed by atoms with van der Waals surface area (Å²) in [5.74, 6) is 2.33. The number of para-hydroxylation sites is 4. The number of aromatic nitrogens is 2. The highest BCUT2D eigenvalue weighted by Crippen LogP contribution is 2.49. The zero-order valence-corrected chi connectivity index (χ0v) is 24.6. The van der Waals surface area contributed by atoms with Crippen molar-refractivity contribution in [1.82, 2.24) is 9.78 Å². The number of nitrogens with zero attached hydrogens (tertiary/aromatic N) is 5. The first-order valence-corrected chi connectivity index (χ1v) is 14.5. The zero-order valence-electron chi connectivity index (χ0n) is 24.6. The highest BCUT2D eigenvalue weighted by Gasteiger charge is 2.42. The van der Waals surface area contributed by atoms with Crippen LogP contribution in [0.3, 0.4) is 0 Å². The highest BCUT2D eigenvalue weighted by molar-refractivity contribution is 6.51. The van der Waals surface area contributed by atoms with Crippen LogP contribution in [0.2, 0.25) is 0 Å². The maximum Gasteiger partial charge on any atom is 0.338 e. The molecule has 1 aromatic heterocycles. The molecule has 5 aromatic rings. The Balaban J connectivity index is 1.43. The van der Waals surface area contributed by atoms with Crippen molar-refractivity contribution in [3.63, 3.8) is 0 Å². The Morgan fingerprint density at radius 3 is 2.39 bits per heavy atom. The summed E-state index contributed by atoms with van der Waals surface area (Å²) in [7, 11) is 1.69. The molecule has 9 heteroatoms. The molecule has 2 aliphatic rings. The molecule has 7 rings (SSSR count). The third-order valence-electron chi connectivity index (χ3n) is 7.73. The number of amidine groups is 2. The number of methoxy groups -OCH3 is 1. The Morgan fingerprint density at radius 2 is 1.61 bits per heavy atom. The molecular weight excluding hydrogens is 552 g/mol. The molecule has 2 aliphatic heterocycles. The molecule has 1 N–H and O–H groups in total. The summed E-state index contributed by atoms with van der Waals surface area (Å²) < 4.78 is 13.0. The summed E-state index contributed by atoms with van der Waals surface area (Å²) in [6.45, 7) is 4.13. The number of hydrogen-bond acceptors (Lipinski definition) is 8. The molecule has 0 saturated carbocycles. The molecule has 0 amide bonds. The molecule has 218 valence electrons. The Hall–Kier alpha value is -5.70. The second kappa shape index (κ2) is 11.2. The second-order valence-corrected chi connectivity index (χ2v) is 10.4. The Morgan fingerprint density at radius 1 is 0.886 bits per heavy atom. The Bertz CT molecular complexity index is 1930. The van der Waals surface area contributed by atoms with E-state index in [1.807, 2.05) is 90.5 Å². The molecule has 4 aromatic carbocycles. The zero-order chi connectivity index (χ0) is 30.2. The molecule has 44 heavy (non-hydrogen) atoms. The van der Waals surface area contributed by atoms with E-state index >= 15 is 0 Å². The van der Waals surface area contributed by atoms with Gasteiger partial charge >= 0.3 is 5.97 Å². The maximum absolute atomic E-state index is 12.3. The lowest BCUT2D eigenvalue weighted by atomic mass is 9.92. The summed E-state index contributed by atoms with van der Waals surface area (Å²) in [4.78, 5) is 24.8. The van der Waals surface area contributed by atoms with Crippen LogP contribution in [0.5, 0.6) is 5.75 Å². The minimum atomic E-state index is -0.359. The number of aryl methyl sites for hydroxylation is 1. The van der Waals surface area contributed by atoms with E-state index in [2.05, 4.69) is 22.3 Å². The van der Waals surface area contributed by atoms with Crippen molar-refractivity contribution >= 4 is 40.5 Å². The van der Waals surface area contributed by atoms with E-state index in [-0.39, 0.29) is 12.0 Å². The summed E-state index contributed by atoms with van der Waals surface area (Å²) >= 11 is 0.